The number of hydrogen-bond acceptors (Lipinski definition) is 5. The summed E-state index contributed by atoms with van der Waals surface area (Å²) in [6.45, 7) is 4.44. The highest BCUT2D eigenvalue weighted by Crippen LogP contribution is 2.30. The number of carbonyl (C=O) groups excluding carboxylic acids is 1. The van der Waals surface area contributed by atoms with E-state index in [2.05, 4.69) is 24.1 Å². The van der Waals surface area contributed by atoms with E-state index in [-0.39, 0.29) is 22.3 Å². The first-order valence-corrected chi connectivity index (χ1v) is 11.6. The second-order valence-electron chi connectivity index (χ2n) is 8.72. The van der Waals surface area contributed by atoms with Crippen molar-refractivity contribution in [2.75, 3.05) is 14.2 Å². The molecule has 0 unspecified atom stereocenters. The van der Waals surface area contributed by atoms with E-state index in [0.29, 0.717) is 45.5 Å². The van der Waals surface area contributed by atoms with E-state index in [4.69, 9.17) is 21.7 Å². The van der Waals surface area contributed by atoms with Crippen LogP contribution in [0.4, 0.5) is 0 Å². The van der Waals surface area contributed by atoms with E-state index < -0.39 is 0 Å². The molecule has 8 heteroatoms. The van der Waals surface area contributed by atoms with Crippen LogP contribution >= 0.6 is 12.2 Å². The van der Waals surface area contributed by atoms with Gasteiger partial charge in [-0.2, -0.15) is 0 Å². The van der Waals surface area contributed by atoms with Crippen LogP contribution in [0.5, 0.6) is 11.5 Å². The van der Waals surface area contributed by atoms with Crippen molar-refractivity contribution >= 4 is 29.0 Å². The van der Waals surface area contributed by atoms with Gasteiger partial charge in [-0.15, -0.1) is 0 Å². The van der Waals surface area contributed by atoms with Gasteiger partial charge in [-0.3, -0.25) is 14.2 Å². The van der Waals surface area contributed by atoms with Crippen molar-refractivity contribution in [2.24, 2.45) is 11.8 Å². The maximum absolute atomic E-state index is 13.3. The second kappa shape index (κ2) is 9.39. The van der Waals surface area contributed by atoms with E-state index in [1.165, 1.54) is 18.1 Å². The van der Waals surface area contributed by atoms with E-state index in [1.54, 1.807) is 43.5 Å². The van der Waals surface area contributed by atoms with Gasteiger partial charge in [-0.05, 0) is 60.8 Å². The molecule has 33 heavy (non-hydrogen) atoms. The number of nitrogens with one attached hydrogen (secondary N) is 2. The van der Waals surface area contributed by atoms with Gasteiger partial charge in [0.25, 0.3) is 11.5 Å². The molecule has 4 rings (SSSR count). The molecule has 1 aliphatic carbocycles. The fraction of sp³-hybridized carbons (Fsp3) is 0.400. The predicted octanol–water partition coefficient (Wildman–Crippen LogP) is 4.62. The number of aromatic amines is 1. The summed E-state index contributed by atoms with van der Waals surface area (Å²) in [6, 6.07) is 10.4. The summed E-state index contributed by atoms with van der Waals surface area (Å²) >= 11 is 5.49. The van der Waals surface area contributed by atoms with Crippen molar-refractivity contribution in [3.8, 4) is 17.2 Å². The van der Waals surface area contributed by atoms with Crippen LogP contribution in [0.15, 0.2) is 41.2 Å². The molecule has 1 saturated carbocycles. The molecule has 2 N–H and O–H groups in total. The van der Waals surface area contributed by atoms with Gasteiger partial charge in [0, 0.05) is 17.7 Å². The Bertz CT molecular complexity index is 1310. The number of fused-ring (bicyclic) bond motifs is 1. The topological polar surface area (TPSA) is 85.4 Å². The molecule has 3 atom stereocenters. The van der Waals surface area contributed by atoms with Gasteiger partial charge in [0.15, 0.2) is 16.3 Å². The lowest BCUT2D eigenvalue weighted by atomic mass is 9.78. The monoisotopic (exact) mass is 467 g/mol. The summed E-state index contributed by atoms with van der Waals surface area (Å²) in [5.41, 5.74) is 1.31. The smallest absolute Gasteiger partial charge is 0.266 e. The Hall–Kier alpha value is -3.13. The average molecular weight is 468 g/mol. The van der Waals surface area contributed by atoms with Gasteiger partial charge >= 0.3 is 0 Å². The summed E-state index contributed by atoms with van der Waals surface area (Å²) in [4.78, 5) is 29.3. The fourth-order valence-electron chi connectivity index (χ4n) is 4.60. The summed E-state index contributed by atoms with van der Waals surface area (Å²) in [6.07, 6.45) is 3.31. The zero-order valence-corrected chi connectivity index (χ0v) is 20.1. The molecule has 1 fully saturated rings. The normalized spacial score (nSPS) is 20.4. The van der Waals surface area contributed by atoms with Crippen LogP contribution in [0, 0.1) is 16.6 Å². The highest BCUT2D eigenvalue weighted by Gasteiger charge is 2.28. The highest BCUT2D eigenvalue weighted by molar-refractivity contribution is 7.71. The number of H-pyrrole nitrogens is 1. The van der Waals surface area contributed by atoms with Crippen LogP contribution in [-0.4, -0.2) is 35.7 Å². The van der Waals surface area contributed by atoms with Gasteiger partial charge in [-0.1, -0.05) is 26.7 Å². The Labute approximate surface area is 197 Å². The van der Waals surface area contributed by atoms with Crippen molar-refractivity contribution < 1.29 is 14.3 Å². The summed E-state index contributed by atoms with van der Waals surface area (Å²) in [7, 11) is 3.09. The fourth-order valence-corrected chi connectivity index (χ4v) is 4.89. The Morgan fingerprint density at radius 1 is 1.09 bits per heavy atom. The first-order chi connectivity index (χ1) is 15.8. The third-order valence-electron chi connectivity index (χ3n) is 6.81. The van der Waals surface area contributed by atoms with E-state index >= 15 is 0 Å². The molecule has 1 aromatic heterocycles. The second-order valence-corrected chi connectivity index (χ2v) is 9.10. The van der Waals surface area contributed by atoms with Crippen LogP contribution in [0.3, 0.4) is 0 Å². The zero-order valence-electron chi connectivity index (χ0n) is 19.3. The molecule has 0 bridgehead atoms. The first kappa shape index (κ1) is 23.0. The standard InChI is InChI=1S/C25H29N3O4S/c1-14-6-5-7-19(15(14)2)26-23(29)16-8-10-18-20(12-16)27-25(33)28(24(18)30)17-9-11-21(31-3)22(13-17)32-4/h8-15,19H,5-7H2,1-4H3,(H,26,29)(H,27,33)/t14-,15+,19-/m1/s1. The number of aromatic nitrogens is 2. The lowest BCUT2D eigenvalue weighted by Crippen LogP contribution is -2.43. The van der Waals surface area contributed by atoms with Gasteiger partial charge in [0.1, 0.15) is 0 Å². The summed E-state index contributed by atoms with van der Waals surface area (Å²) in [5, 5.41) is 3.62. The quantitative estimate of drug-likeness (QED) is 0.535. The van der Waals surface area contributed by atoms with Crippen molar-refractivity contribution in [3.63, 3.8) is 0 Å². The lowest BCUT2D eigenvalue weighted by molar-refractivity contribution is 0.0891. The number of benzene rings is 2. The minimum Gasteiger partial charge on any atom is -0.493 e. The van der Waals surface area contributed by atoms with E-state index in [9.17, 15) is 9.59 Å². The number of carbonyl (C=O) groups is 1. The lowest BCUT2D eigenvalue weighted by Gasteiger charge is -2.34. The maximum Gasteiger partial charge on any atom is 0.266 e. The van der Waals surface area contributed by atoms with Crippen LogP contribution < -0.4 is 20.3 Å². The minimum absolute atomic E-state index is 0.133. The molecule has 1 aliphatic rings. The molecule has 7 nitrogen and oxygen atoms in total. The Kier molecular flexibility index (Phi) is 6.56. The summed E-state index contributed by atoms with van der Waals surface area (Å²) < 4.78 is 12.3. The minimum atomic E-state index is -0.275. The number of rotatable bonds is 5. The van der Waals surface area contributed by atoms with Crippen LogP contribution in [0.25, 0.3) is 16.6 Å². The average Bonchev–Trinajstić information content (AvgIpc) is 2.81. The van der Waals surface area contributed by atoms with Crippen molar-refractivity contribution in [2.45, 2.75) is 39.2 Å². The molecule has 3 aromatic rings. The Morgan fingerprint density at radius 3 is 2.58 bits per heavy atom. The largest absolute Gasteiger partial charge is 0.493 e. The highest BCUT2D eigenvalue weighted by atomic mass is 32.1. The zero-order chi connectivity index (χ0) is 23.7. The van der Waals surface area contributed by atoms with Gasteiger partial charge in [0.2, 0.25) is 0 Å². The number of methoxy groups -OCH3 is 2. The number of nitrogens with zero attached hydrogens (tertiary/aromatic N) is 1. The molecular weight excluding hydrogens is 438 g/mol. The molecule has 174 valence electrons. The third-order valence-corrected chi connectivity index (χ3v) is 7.09. The first-order valence-electron chi connectivity index (χ1n) is 11.2. The predicted molar refractivity (Wildman–Crippen MR) is 131 cm³/mol. The maximum atomic E-state index is 13.3. The number of ether oxygens (including phenoxy) is 2. The molecule has 2 aromatic carbocycles. The van der Waals surface area contributed by atoms with Gasteiger partial charge in [-0.25, -0.2) is 0 Å². The SMILES string of the molecule is COc1ccc(-n2c(=S)[nH]c3cc(C(=O)N[C@@H]4CCC[C@@H](C)[C@@H]4C)ccc3c2=O)cc1OC. The Balaban J connectivity index is 1.69. The van der Waals surface area contributed by atoms with Crippen LogP contribution in [0.1, 0.15) is 43.5 Å². The van der Waals surface area contributed by atoms with Crippen molar-refractivity contribution in [3.05, 3.63) is 57.1 Å². The number of amides is 1. The number of hydrogen-bond donors (Lipinski definition) is 2. The van der Waals surface area contributed by atoms with Crippen molar-refractivity contribution in [1.82, 2.24) is 14.9 Å². The molecule has 1 heterocycles. The van der Waals surface area contributed by atoms with Crippen molar-refractivity contribution in [1.29, 1.82) is 0 Å². The van der Waals surface area contributed by atoms with Gasteiger partial charge in [0.05, 0.1) is 30.8 Å². The summed E-state index contributed by atoms with van der Waals surface area (Å²) in [5.74, 6) is 1.94. The third kappa shape index (κ3) is 4.39. The van der Waals surface area contributed by atoms with Gasteiger partial charge < -0.3 is 19.8 Å². The Morgan fingerprint density at radius 2 is 1.85 bits per heavy atom. The molecule has 1 amide bonds. The molecule has 0 radical (unpaired) electrons. The van der Waals surface area contributed by atoms with E-state index in [1.807, 2.05) is 0 Å². The molecule has 0 saturated heterocycles. The van der Waals surface area contributed by atoms with Crippen LogP contribution in [0.2, 0.25) is 0 Å². The molecular formula is C25H29N3O4S. The van der Waals surface area contributed by atoms with E-state index in [0.717, 1.165) is 12.8 Å². The molecule has 0 spiro atoms. The molecule has 0 aliphatic heterocycles. The van der Waals surface area contributed by atoms with Crippen LogP contribution in [-0.2, 0) is 0 Å².